The van der Waals surface area contributed by atoms with Gasteiger partial charge in [-0.1, -0.05) is 42.5 Å². The summed E-state index contributed by atoms with van der Waals surface area (Å²) < 4.78 is 51.8. The highest BCUT2D eigenvalue weighted by molar-refractivity contribution is 5.88. The second-order valence-corrected chi connectivity index (χ2v) is 7.01. The molecule has 9 heteroatoms. The van der Waals surface area contributed by atoms with Crippen molar-refractivity contribution in [3.63, 3.8) is 0 Å². The standard InChI is InChI=1S/C22H22F3NO5/c23-22(24,25)21(28)31-20(27)10-11-26-12-13-29-19(14-26)17-6-8-18(9-7-17)30-15-16-4-2-1-3-5-16/h1-9,19H,10-15H2. The molecule has 2 aromatic rings. The van der Waals surface area contributed by atoms with Crippen molar-refractivity contribution in [1.82, 2.24) is 4.90 Å². The molecule has 1 aliphatic rings. The van der Waals surface area contributed by atoms with Crippen LogP contribution < -0.4 is 4.74 Å². The van der Waals surface area contributed by atoms with E-state index in [9.17, 15) is 22.8 Å². The molecule has 166 valence electrons. The van der Waals surface area contributed by atoms with E-state index < -0.39 is 18.1 Å². The van der Waals surface area contributed by atoms with Crippen molar-refractivity contribution in [1.29, 1.82) is 0 Å². The maximum atomic E-state index is 12.1. The second kappa shape index (κ2) is 10.4. The molecule has 6 nitrogen and oxygen atoms in total. The lowest BCUT2D eigenvalue weighted by molar-refractivity contribution is -0.202. The lowest BCUT2D eigenvalue weighted by Crippen LogP contribution is -2.39. The first-order valence-electron chi connectivity index (χ1n) is 9.74. The van der Waals surface area contributed by atoms with Crippen LogP contribution in [0, 0.1) is 0 Å². The number of carbonyl (C=O) groups is 2. The van der Waals surface area contributed by atoms with Crippen LogP contribution in [0.3, 0.4) is 0 Å². The van der Waals surface area contributed by atoms with E-state index >= 15 is 0 Å². The average molecular weight is 437 g/mol. The summed E-state index contributed by atoms with van der Waals surface area (Å²) >= 11 is 0. The molecule has 1 aliphatic heterocycles. The Morgan fingerprint density at radius 3 is 2.45 bits per heavy atom. The number of rotatable bonds is 7. The highest BCUT2D eigenvalue weighted by Crippen LogP contribution is 2.25. The van der Waals surface area contributed by atoms with Crippen molar-refractivity contribution >= 4 is 11.9 Å². The summed E-state index contributed by atoms with van der Waals surface area (Å²) in [6.45, 7) is 2.02. The summed E-state index contributed by atoms with van der Waals surface area (Å²) in [5, 5.41) is 0. The van der Waals surface area contributed by atoms with E-state index in [2.05, 4.69) is 4.74 Å². The number of ether oxygens (including phenoxy) is 3. The van der Waals surface area contributed by atoms with E-state index in [-0.39, 0.29) is 19.1 Å². The van der Waals surface area contributed by atoms with Gasteiger partial charge in [0, 0.05) is 19.6 Å². The van der Waals surface area contributed by atoms with E-state index in [0.717, 1.165) is 16.9 Å². The van der Waals surface area contributed by atoms with Gasteiger partial charge in [-0.2, -0.15) is 13.2 Å². The Labute approximate surface area is 177 Å². The third-order valence-electron chi connectivity index (χ3n) is 4.72. The second-order valence-electron chi connectivity index (χ2n) is 7.01. The molecule has 0 spiro atoms. The minimum absolute atomic E-state index is 0.169. The average Bonchev–Trinajstić information content (AvgIpc) is 2.77. The van der Waals surface area contributed by atoms with Gasteiger partial charge >= 0.3 is 18.1 Å². The number of hydrogen-bond donors (Lipinski definition) is 0. The summed E-state index contributed by atoms with van der Waals surface area (Å²) in [5.74, 6) is -2.98. The highest BCUT2D eigenvalue weighted by Gasteiger charge is 2.42. The Balaban J connectivity index is 1.46. The van der Waals surface area contributed by atoms with Crippen LogP contribution in [0.2, 0.25) is 0 Å². The number of nitrogens with zero attached hydrogens (tertiary/aromatic N) is 1. The summed E-state index contributed by atoms with van der Waals surface area (Å²) in [5.41, 5.74) is 1.99. The molecule has 1 unspecified atom stereocenters. The summed E-state index contributed by atoms with van der Waals surface area (Å²) in [6.07, 6.45) is -5.75. The predicted molar refractivity (Wildman–Crippen MR) is 104 cm³/mol. The minimum Gasteiger partial charge on any atom is -0.489 e. The van der Waals surface area contributed by atoms with Crippen molar-refractivity contribution in [2.45, 2.75) is 25.3 Å². The number of halogens is 3. The molecular weight excluding hydrogens is 415 g/mol. The molecule has 0 aliphatic carbocycles. The van der Waals surface area contributed by atoms with Crippen LogP contribution in [0.4, 0.5) is 13.2 Å². The summed E-state index contributed by atoms with van der Waals surface area (Å²) in [4.78, 5) is 24.1. The van der Waals surface area contributed by atoms with Crippen LogP contribution in [0.5, 0.6) is 5.75 Å². The van der Waals surface area contributed by atoms with Crippen molar-refractivity contribution in [3.05, 3.63) is 65.7 Å². The molecule has 0 bridgehead atoms. The van der Waals surface area contributed by atoms with Crippen molar-refractivity contribution in [2.75, 3.05) is 26.2 Å². The molecule has 1 saturated heterocycles. The van der Waals surface area contributed by atoms with Crippen LogP contribution in [0.1, 0.15) is 23.7 Å². The molecule has 0 amide bonds. The zero-order valence-corrected chi connectivity index (χ0v) is 16.6. The smallest absolute Gasteiger partial charge is 0.489 e. The Kier molecular flexibility index (Phi) is 7.64. The minimum atomic E-state index is -5.18. The first-order chi connectivity index (χ1) is 14.8. The molecule has 1 fully saturated rings. The topological polar surface area (TPSA) is 65.1 Å². The van der Waals surface area contributed by atoms with E-state index in [1.165, 1.54) is 0 Å². The number of benzene rings is 2. The zero-order valence-electron chi connectivity index (χ0n) is 16.6. The molecule has 3 rings (SSSR count). The van der Waals surface area contributed by atoms with Crippen molar-refractivity contribution < 1.29 is 37.0 Å². The first kappa shape index (κ1) is 22.8. The van der Waals surface area contributed by atoms with Crippen molar-refractivity contribution in [3.8, 4) is 5.75 Å². The molecule has 1 heterocycles. The Morgan fingerprint density at radius 1 is 1.06 bits per heavy atom. The molecule has 1 atom stereocenters. The van der Waals surface area contributed by atoms with Gasteiger partial charge in [0.2, 0.25) is 0 Å². The van der Waals surface area contributed by atoms with E-state index in [0.29, 0.717) is 26.3 Å². The fourth-order valence-electron chi connectivity index (χ4n) is 3.09. The van der Waals surface area contributed by atoms with E-state index in [1.807, 2.05) is 59.5 Å². The quantitative estimate of drug-likeness (QED) is 0.487. The van der Waals surface area contributed by atoms with Crippen LogP contribution >= 0.6 is 0 Å². The van der Waals surface area contributed by atoms with Crippen LogP contribution in [0.25, 0.3) is 0 Å². The van der Waals surface area contributed by atoms with E-state index in [1.54, 1.807) is 0 Å². The molecule has 2 aromatic carbocycles. The summed E-state index contributed by atoms with van der Waals surface area (Å²) in [6, 6.07) is 17.3. The molecular formula is C22H22F3NO5. The van der Waals surface area contributed by atoms with Gasteiger partial charge in [0.05, 0.1) is 19.1 Å². The van der Waals surface area contributed by atoms with Gasteiger partial charge in [0.15, 0.2) is 0 Å². The van der Waals surface area contributed by atoms with E-state index in [4.69, 9.17) is 9.47 Å². The van der Waals surface area contributed by atoms with Crippen LogP contribution in [-0.4, -0.2) is 49.3 Å². The molecule has 0 radical (unpaired) electrons. The number of carbonyl (C=O) groups excluding carboxylic acids is 2. The maximum absolute atomic E-state index is 12.1. The lowest BCUT2D eigenvalue weighted by Gasteiger charge is -2.33. The number of morpholine rings is 1. The predicted octanol–water partition coefficient (Wildman–Crippen LogP) is 3.66. The van der Waals surface area contributed by atoms with Gasteiger partial charge in [-0.15, -0.1) is 0 Å². The number of alkyl halides is 3. The molecule has 0 saturated carbocycles. The fourth-order valence-corrected chi connectivity index (χ4v) is 3.09. The third-order valence-corrected chi connectivity index (χ3v) is 4.72. The third kappa shape index (κ3) is 7.08. The van der Waals surface area contributed by atoms with Gasteiger partial charge in [0.1, 0.15) is 12.4 Å². The first-order valence-corrected chi connectivity index (χ1v) is 9.74. The van der Waals surface area contributed by atoms with Crippen LogP contribution in [-0.2, 0) is 25.7 Å². The zero-order chi connectivity index (χ0) is 22.3. The van der Waals surface area contributed by atoms with Gasteiger partial charge in [-0.3, -0.25) is 9.69 Å². The van der Waals surface area contributed by atoms with Crippen LogP contribution in [0.15, 0.2) is 54.6 Å². The summed E-state index contributed by atoms with van der Waals surface area (Å²) in [7, 11) is 0. The Morgan fingerprint density at radius 2 is 1.77 bits per heavy atom. The fraction of sp³-hybridized carbons (Fsp3) is 0.364. The maximum Gasteiger partial charge on any atom is 0.491 e. The highest BCUT2D eigenvalue weighted by atomic mass is 19.4. The molecule has 0 aromatic heterocycles. The lowest BCUT2D eigenvalue weighted by atomic mass is 10.1. The SMILES string of the molecule is O=C(CCN1CCOC(c2ccc(OCc3ccccc3)cc2)C1)OC(=O)C(F)(F)F. The number of hydrogen-bond acceptors (Lipinski definition) is 6. The van der Waals surface area contributed by atoms with Crippen molar-refractivity contribution in [2.24, 2.45) is 0 Å². The molecule has 31 heavy (non-hydrogen) atoms. The van der Waals surface area contributed by atoms with Gasteiger partial charge < -0.3 is 14.2 Å². The largest absolute Gasteiger partial charge is 0.491 e. The van der Waals surface area contributed by atoms with Gasteiger partial charge in [0.25, 0.3) is 0 Å². The van der Waals surface area contributed by atoms with Gasteiger partial charge in [-0.25, -0.2) is 4.79 Å². The molecule has 0 N–H and O–H groups in total. The Bertz CT molecular complexity index is 871. The Hall–Kier alpha value is -2.91. The normalized spacial score (nSPS) is 17.2. The monoisotopic (exact) mass is 437 g/mol. The van der Waals surface area contributed by atoms with Gasteiger partial charge in [-0.05, 0) is 23.3 Å². The number of esters is 2.